The van der Waals surface area contributed by atoms with E-state index in [9.17, 15) is 10.1 Å². The fourth-order valence-electron chi connectivity index (χ4n) is 0.973. The molecular formula is C5H10Br2N2O3. The first-order valence-electron chi connectivity index (χ1n) is 3.14. The molecule has 0 aromatic heterocycles. The van der Waals surface area contributed by atoms with E-state index < -0.39 is 4.45 Å². The third-order valence-electron chi connectivity index (χ3n) is 1.47. The quantitative estimate of drug-likeness (QED) is 0.312. The molecule has 1 fully saturated rings. The average Bonchev–Trinajstić information content (AvgIpc) is 1.86. The van der Waals surface area contributed by atoms with Gasteiger partial charge in [0.15, 0.2) is 0 Å². The van der Waals surface area contributed by atoms with Gasteiger partial charge in [-0.1, -0.05) is 0 Å². The lowest BCUT2D eigenvalue weighted by Crippen LogP contribution is -2.51. The Hall–Kier alpha value is 0.280. The maximum Gasteiger partial charge on any atom is 0.309 e. The summed E-state index contributed by atoms with van der Waals surface area (Å²) in [6.45, 7) is 0.964. The predicted molar refractivity (Wildman–Crippen MR) is 52.4 cm³/mol. The van der Waals surface area contributed by atoms with Crippen LogP contribution in [0.1, 0.15) is 0 Å². The average molecular weight is 306 g/mol. The van der Waals surface area contributed by atoms with Gasteiger partial charge in [-0.25, -0.2) is 0 Å². The number of hydrogen-bond donors (Lipinski definition) is 0. The molecule has 12 heavy (non-hydrogen) atoms. The van der Waals surface area contributed by atoms with Crippen LogP contribution in [-0.4, -0.2) is 41.2 Å². The SMILES string of the molecule is Br.CN1COCC(Br)([N+](=O)[O-])C1. The number of hydrogen-bond acceptors (Lipinski definition) is 4. The molecule has 72 valence electrons. The standard InChI is InChI=1S/C5H9BrN2O3.BrH/c1-7-2-5(6,8(9)10)3-11-4-7;/h2-4H2,1H3;1H. The molecule has 1 aliphatic rings. The predicted octanol–water partition coefficient (Wildman–Crippen LogP) is 0.852. The van der Waals surface area contributed by atoms with Gasteiger partial charge in [-0.05, 0) is 7.05 Å². The molecule has 1 saturated heterocycles. The summed E-state index contributed by atoms with van der Waals surface area (Å²) < 4.78 is 3.88. The van der Waals surface area contributed by atoms with Crippen molar-refractivity contribution < 1.29 is 9.66 Å². The molecule has 0 spiro atoms. The minimum atomic E-state index is -1.11. The van der Waals surface area contributed by atoms with Crippen molar-refractivity contribution in [3.05, 3.63) is 10.1 Å². The van der Waals surface area contributed by atoms with Gasteiger partial charge >= 0.3 is 4.45 Å². The lowest BCUT2D eigenvalue weighted by atomic mass is 10.3. The Morgan fingerprint density at radius 2 is 2.33 bits per heavy atom. The van der Waals surface area contributed by atoms with Gasteiger partial charge in [0.2, 0.25) is 0 Å². The molecule has 1 heterocycles. The summed E-state index contributed by atoms with van der Waals surface area (Å²) in [6.07, 6.45) is 0. The molecule has 0 aromatic carbocycles. The van der Waals surface area contributed by atoms with E-state index in [1.165, 1.54) is 0 Å². The Balaban J connectivity index is 0.00000121. The van der Waals surface area contributed by atoms with Crippen LogP contribution in [0.3, 0.4) is 0 Å². The maximum atomic E-state index is 10.5. The topological polar surface area (TPSA) is 55.6 Å². The maximum absolute atomic E-state index is 10.5. The summed E-state index contributed by atoms with van der Waals surface area (Å²) in [5, 5.41) is 10.5. The van der Waals surface area contributed by atoms with Gasteiger partial charge in [0.25, 0.3) is 0 Å². The zero-order valence-electron chi connectivity index (χ0n) is 6.53. The van der Waals surface area contributed by atoms with E-state index in [2.05, 4.69) is 15.9 Å². The Morgan fingerprint density at radius 3 is 2.67 bits per heavy atom. The van der Waals surface area contributed by atoms with E-state index >= 15 is 0 Å². The third kappa shape index (κ3) is 2.65. The minimum absolute atomic E-state index is 0. The number of ether oxygens (including phenoxy) is 1. The van der Waals surface area contributed by atoms with Crippen LogP contribution in [0.2, 0.25) is 0 Å². The van der Waals surface area contributed by atoms with Crippen LogP contribution >= 0.6 is 32.9 Å². The second-order valence-electron chi connectivity index (χ2n) is 2.67. The molecule has 0 saturated carbocycles. The second-order valence-corrected chi connectivity index (χ2v) is 4.14. The van der Waals surface area contributed by atoms with Gasteiger partial charge in [-0.15, -0.1) is 17.0 Å². The lowest BCUT2D eigenvalue weighted by molar-refractivity contribution is -0.545. The smallest absolute Gasteiger partial charge is 0.309 e. The van der Waals surface area contributed by atoms with Crippen LogP contribution in [0.5, 0.6) is 0 Å². The van der Waals surface area contributed by atoms with Crippen LogP contribution in [-0.2, 0) is 4.74 Å². The molecule has 0 N–H and O–H groups in total. The van der Waals surface area contributed by atoms with Crippen molar-refractivity contribution in [3.63, 3.8) is 0 Å². The number of halogens is 2. The zero-order valence-corrected chi connectivity index (χ0v) is 9.83. The fraction of sp³-hybridized carbons (Fsp3) is 1.00. The number of nitro groups is 1. The molecule has 0 bridgehead atoms. The first kappa shape index (κ1) is 12.3. The molecule has 7 heteroatoms. The highest BCUT2D eigenvalue weighted by Crippen LogP contribution is 2.23. The van der Waals surface area contributed by atoms with Gasteiger partial charge in [-0.3, -0.25) is 15.0 Å². The van der Waals surface area contributed by atoms with Crippen LogP contribution in [0.15, 0.2) is 0 Å². The van der Waals surface area contributed by atoms with Crippen molar-refractivity contribution in [2.75, 3.05) is 26.9 Å². The van der Waals surface area contributed by atoms with E-state index in [0.717, 1.165) is 0 Å². The summed E-state index contributed by atoms with van der Waals surface area (Å²) in [7, 11) is 1.78. The first-order valence-corrected chi connectivity index (χ1v) is 3.93. The first-order chi connectivity index (χ1) is 5.04. The zero-order chi connectivity index (χ0) is 8.48. The molecular weight excluding hydrogens is 296 g/mol. The van der Waals surface area contributed by atoms with Crippen molar-refractivity contribution in [1.29, 1.82) is 0 Å². The van der Waals surface area contributed by atoms with Crippen molar-refractivity contribution in [2.45, 2.75) is 4.45 Å². The molecule has 0 aliphatic carbocycles. The van der Waals surface area contributed by atoms with E-state index in [1.807, 2.05) is 0 Å². The van der Waals surface area contributed by atoms with Crippen LogP contribution in [0.4, 0.5) is 0 Å². The number of nitrogens with zero attached hydrogens (tertiary/aromatic N) is 2. The molecule has 5 nitrogen and oxygen atoms in total. The molecule has 1 rings (SSSR count). The van der Waals surface area contributed by atoms with Crippen LogP contribution in [0.25, 0.3) is 0 Å². The Bertz CT molecular complexity index is 180. The summed E-state index contributed by atoms with van der Waals surface area (Å²) in [6, 6.07) is 0. The largest absolute Gasteiger partial charge is 0.358 e. The van der Waals surface area contributed by atoms with Gasteiger partial charge < -0.3 is 4.74 Å². The number of alkyl halides is 1. The Labute approximate surface area is 89.1 Å². The Kier molecular flexibility index (Phi) is 4.60. The van der Waals surface area contributed by atoms with Crippen LogP contribution in [0, 0.1) is 10.1 Å². The van der Waals surface area contributed by atoms with Crippen LogP contribution < -0.4 is 0 Å². The van der Waals surface area contributed by atoms with Crippen molar-refractivity contribution in [3.8, 4) is 0 Å². The minimum Gasteiger partial charge on any atom is -0.358 e. The van der Waals surface area contributed by atoms with Crippen molar-refractivity contribution >= 4 is 32.9 Å². The molecule has 0 amide bonds. The summed E-state index contributed by atoms with van der Waals surface area (Å²) >= 11 is 3.03. The monoisotopic (exact) mass is 304 g/mol. The van der Waals surface area contributed by atoms with Gasteiger partial charge in [-0.2, -0.15) is 0 Å². The van der Waals surface area contributed by atoms with Gasteiger partial charge in [0.1, 0.15) is 6.61 Å². The Morgan fingerprint density at radius 1 is 1.75 bits per heavy atom. The van der Waals surface area contributed by atoms with E-state index in [-0.39, 0.29) is 28.5 Å². The second kappa shape index (κ2) is 4.50. The van der Waals surface area contributed by atoms with E-state index in [0.29, 0.717) is 13.3 Å². The van der Waals surface area contributed by atoms with E-state index in [1.54, 1.807) is 11.9 Å². The highest BCUT2D eigenvalue weighted by atomic mass is 79.9. The summed E-state index contributed by atoms with van der Waals surface area (Å²) in [5.74, 6) is 0. The van der Waals surface area contributed by atoms with Gasteiger partial charge in [0.05, 0.1) is 13.3 Å². The van der Waals surface area contributed by atoms with E-state index in [4.69, 9.17) is 4.74 Å². The molecule has 1 unspecified atom stereocenters. The number of likely N-dealkylation sites (N-methyl/N-ethyl adjacent to an activating group) is 1. The number of rotatable bonds is 1. The van der Waals surface area contributed by atoms with Crippen molar-refractivity contribution in [2.24, 2.45) is 0 Å². The fourth-order valence-corrected chi connectivity index (χ4v) is 1.56. The highest BCUT2D eigenvalue weighted by Gasteiger charge is 2.44. The third-order valence-corrected chi connectivity index (χ3v) is 2.24. The highest BCUT2D eigenvalue weighted by molar-refractivity contribution is 9.10. The summed E-state index contributed by atoms with van der Waals surface area (Å²) in [5.41, 5.74) is 0. The molecule has 1 atom stereocenters. The lowest BCUT2D eigenvalue weighted by Gasteiger charge is -2.30. The van der Waals surface area contributed by atoms with Crippen molar-refractivity contribution in [1.82, 2.24) is 4.90 Å². The van der Waals surface area contributed by atoms with Gasteiger partial charge in [0, 0.05) is 20.9 Å². The molecule has 0 radical (unpaired) electrons. The molecule has 0 aromatic rings. The molecule has 1 aliphatic heterocycles. The summed E-state index contributed by atoms with van der Waals surface area (Å²) in [4.78, 5) is 11.9. The normalized spacial score (nSPS) is 30.8.